The van der Waals surface area contributed by atoms with Crippen LogP contribution >= 0.6 is 11.8 Å². The predicted octanol–water partition coefficient (Wildman–Crippen LogP) is 2.65. The molecule has 0 spiro atoms. The zero-order valence-electron chi connectivity index (χ0n) is 15.2. The molecule has 140 valence electrons. The van der Waals surface area contributed by atoms with Crippen LogP contribution in [0.3, 0.4) is 0 Å². The second kappa shape index (κ2) is 8.47. The van der Waals surface area contributed by atoms with E-state index in [-0.39, 0.29) is 28.6 Å². The molecule has 0 bridgehead atoms. The van der Waals surface area contributed by atoms with Crippen LogP contribution in [0.25, 0.3) is 10.9 Å². The van der Waals surface area contributed by atoms with Crippen LogP contribution in [-0.2, 0) is 11.2 Å². The molecule has 28 heavy (non-hydrogen) atoms. The molecule has 0 aliphatic heterocycles. The van der Waals surface area contributed by atoms with Crippen LogP contribution in [0.1, 0.15) is 22.3 Å². The largest absolute Gasteiger partial charge is 0.383 e. The van der Waals surface area contributed by atoms with Crippen LogP contribution < -0.4 is 11.1 Å². The number of anilines is 1. The van der Waals surface area contributed by atoms with Crippen molar-refractivity contribution in [2.24, 2.45) is 0 Å². The van der Waals surface area contributed by atoms with E-state index in [4.69, 9.17) is 11.0 Å². The summed E-state index contributed by atoms with van der Waals surface area (Å²) in [4.78, 5) is 19.5. The fourth-order valence-electron chi connectivity index (χ4n) is 2.94. The van der Waals surface area contributed by atoms with Crippen LogP contribution in [0.5, 0.6) is 0 Å². The van der Waals surface area contributed by atoms with E-state index < -0.39 is 0 Å². The SMILES string of the molecule is Cc1c(C#N)c(N)nc(SCC(=O)NCCc2c[nH]c3ccccc23)c1C#N. The van der Waals surface area contributed by atoms with Gasteiger partial charge in [0.05, 0.1) is 16.9 Å². The summed E-state index contributed by atoms with van der Waals surface area (Å²) in [5.74, 6) is 0.0257. The Morgan fingerprint density at radius 3 is 2.79 bits per heavy atom. The lowest BCUT2D eigenvalue weighted by atomic mass is 10.1. The Balaban J connectivity index is 1.58. The summed E-state index contributed by atoms with van der Waals surface area (Å²) in [7, 11) is 0. The van der Waals surface area contributed by atoms with Gasteiger partial charge in [-0.3, -0.25) is 4.79 Å². The van der Waals surface area contributed by atoms with Crippen molar-refractivity contribution in [3.8, 4) is 12.1 Å². The zero-order chi connectivity index (χ0) is 20.1. The van der Waals surface area contributed by atoms with Gasteiger partial charge in [-0.2, -0.15) is 10.5 Å². The summed E-state index contributed by atoms with van der Waals surface area (Å²) in [5.41, 5.74) is 8.96. The highest BCUT2D eigenvalue weighted by atomic mass is 32.2. The second-order valence-electron chi connectivity index (χ2n) is 6.15. The number of hydrogen-bond donors (Lipinski definition) is 3. The van der Waals surface area contributed by atoms with Crippen molar-refractivity contribution in [1.82, 2.24) is 15.3 Å². The predicted molar refractivity (Wildman–Crippen MR) is 109 cm³/mol. The maximum atomic E-state index is 12.2. The molecule has 2 heterocycles. The molecule has 3 rings (SSSR count). The van der Waals surface area contributed by atoms with Gasteiger partial charge in [0, 0.05) is 23.6 Å². The van der Waals surface area contributed by atoms with E-state index in [0.717, 1.165) is 28.2 Å². The van der Waals surface area contributed by atoms with Gasteiger partial charge in [0.25, 0.3) is 0 Å². The first-order valence-electron chi connectivity index (χ1n) is 8.60. The molecule has 4 N–H and O–H groups in total. The summed E-state index contributed by atoms with van der Waals surface area (Å²) in [5, 5.41) is 22.9. The number of benzene rings is 1. The molecule has 0 saturated carbocycles. The lowest BCUT2D eigenvalue weighted by Crippen LogP contribution is -2.27. The number of fused-ring (bicyclic) bond motifs is 1. The highest BCUT2D eigenvalue weighted by Crippen LogP contribution is 2.27. The Morgan fingerprint density at radius 2 is 2.04 bits per heavy atom. The molecule has 0 aliphatic carbocycles. The highest BCUT2D eigenvalue weighted by Gasteiger charge is 2.16. The topological polar surface area (TPSA) is 131 Å². The molecule has 0 fully saturated rings. The number of thioether (sulfide) groups is 1. The lowest BCUT2D eigenvalue weighted by Gasteiger charge is -2.09. The molecule has 8 heteroatoms. The van der Waals surface area contributed by atoms with Crippen LogP contribution in [0.4, 0.5) is 5.82 Å². The van der Waals surface area contributed by atoms with Crippen molar-refractivity contribution in [2.75, 3.05) is 18.0 Å². The maximum Gasteiger partial charge on any atom is 0.230 e. The number of nitrogens with zero attached hydrogens (tertiary/aromatic N) is 3. The number of nitrogens with two attached hydrogens (primary N) is 1. The van der Waals surface area contributed by atoms with Gasteiger partial charge in [-0.15, -0.1) is 0 Å². The Labute approximate surface area is 166 Å². The monoisotopic (exact) mass is 390 g/mol. The van der Waals surface area contributed by atoms with Gasteiger partial charge in [0.1, 0.15) is 23.0 Å². The van der Waals surface area contributed by atoms with Gasteiger partial charge in [-0.25, -0.2) is 4.98 Å². The molecule has 2 aromatic heterocycles. The number of nitrogen functional groups attached to an aromatic ring is 1. The second-order valence-corrected chi connectivity index (χ2v) is 7.11. The van der Waals surface area contributed by atoms with Crippen molar-refractivity contribution in [3.05, 3.63) is 52.7 Å². The number of rotatable bonds is 6. The van der Waals surface area contributed by atoms with E-state index in [1.54, 1.807) is 6.92 Å². The third-order valence-corrected chi connectivity index (χ3v) is 5.37. The Morgan fingerprint density at radius 1 is 1.29 bits per heavy atom. The summed E-state index contributed by atoms with van der Waals surface area (Å²) in [6.45, 7) is 2.16. The number of hydrogen-bond acceptors (Lipinski definition) is 6. The molecular formula is C20H18N6OS. The molecule has 0 unspecified atom stereocenters. The maximum absolute atomic E-state index is 12.2. The van der Waals surface area contributed by atoms with Crippen LogP contribution in [-0.4, -0.2) is 28.2 Å². The number of carbonyl (C=O) groups excluding carboxylic acids is 1. The normalized spacial score (nSPS) is 10.4. The summed E-state index contributed by atoms with van der Waals surface area (Å²) < 4.78 is 0. The van der Waals surface area contributed by atoms with Crippen LogP contribution in [0.2, 0.25) is 0 Å². The minimum absolute atomic E-state index is 0.0706. The van der Waals surface area contributed by atoms with Crippen LogP contribution in [0.15, 0.2) is 35.5 Å². The van der Waals surface area contributed by atoms with Crippen molar-refractivity contribution in [1.29, 1.82) is 10.5 Å². The van der Waals surface area contributed by atoms with Gasteiger partial charge in [0.15, 0.2) is 0 Å². The van der Waals surface area contributed by atoms with E-state index in [0.29, 0.717) is 23.6 Å². The van der Waals surface area contributed by atoms with E-state index in [9.17, 15) is 10.1 Å². The number of H-pyrrole nitrogens is 1. The minimum atomic E-state index is -0.156. The quantitative estimate of drug-likeness (QED) is 0.555. The molecule has 0 aliphatic rings. The molecule has 0 saturated heterocycles. The first-order chi connectivity index (χ1) is 13.5. The number of nitriles is 2. The fraction of sp³-hybridized carbons (Fsp3) is 0.200. The van der Waals surface area contributed by atoms with Crippen molar-refractivity contribution in [3.63, 3.8) is 0 Å². The summed E-state index contributed by atoms with van der Waals surface area (Å²) >= 11 is 1.14. The van der Waals surface area contributed by atoms with E-state index in [1.807, 2.05) is 42.6 Å². The van der Waals surface area contributed by atoms with E-state index in [2.05, 4.69) is 15.3 Å². The van der Waals surface area contributed by atoms with E-state index in [1.165, 1.54) is 0 Å². The van der Waals surface area contributed by atoms with Gasteiger partial charge in [-0.05, 0) is 30.5 Å². The van der Waals surface area contributed by atoms with Gasteiger partial charge in [-0.1, -0.05) is 30.0 Å². The van der Waals surface area contributed by atoms with Crippen molar-refractivity contribution >= 4 is 34.4 Å². The Hall–Kier alpha value is -3.49. The first-order valence-corrected chi connectivity index (χ1v) is 9.58. The summed E-state index contributed by atoms with van der Waals surface area (Å²) in [6, 6.07) is 12.0. The average Bonchev–Trinajstić information content (AvgIpc) is 3.10. The van der Waals surface area contributed by atoms with Gasteiger partial charge in [0.2, 0.25) is 5.91 Å². The number of amides is 1. The summed E-state index contributed by atoms with van der Waals surface area (Å²) in [6.07, 6.45) is 2.67. The van der Waals surface area contributed by atoms with Gasteiger partial charge >= 0.3 is 0 Å². The molecule has 3 aromatic rings. The Bertz CT molecular complexity index is 1120. The average molecular weight is 390 g/mol. The fourth-order valence-corrected chi connectivity index (χ4v) is 3.81. The van der Waals surface area contributed by atoms with Gasteiger partial charge < -0.3 is 16.0 Å². The molecule has 1 aromatic carbocycles. The number of carbonyl (C=O) groups is 1. The standard InChI is InChI=1S/C20H18N6OS/c1-12-15(8-21)19(23)26-20(16(12)9-22)28-11-18(27)24-7-6-13-10-25-17-5-3-2-4-14(13)17/h2-5,10,25H,6-7,11H2,1H3,(H2,23,26)(H,24,27). The third-order valence-electron chi connectivity index (χ3n) is 4.40. The first kappa shape index (κ1) is 19.3. The molecule has 0 atom stereocenters. The minimum Gasteiger partial charge on any atom is -0.383 e. The highest BCUT2D eigenvalue weighted by molar-refractivity contribution is 8.00. The lowest BCUT2D eigenvalue weighted by molar-refractivity contribution is -0.118. The number of pyridine rings is 1. The third kappa shape index (κ3) is 3.93. The number of aromatic amines is 1. The number of para-hydroxylation sites is 1. The molecule has 1 amide bonds. The molecule has 7 nitrogen and oxygen atoms in total. The Kier molecular flexibility index (Phi) is 5.83. The molecule has 0 radical (unpaired) electrons. The van der Waals surface area contributed by atoms with E-state index >= 15 is 0 Å². The number of nitrogens with one attached hydrogen (secondary N) is 2. The van der Waals surface area contributed by atoms with Crippen LogP contribution in [0, 0.1) is 29.6 Å². The molecular weight excluding hydrogens is 372 g/mol. The van der Waals surface area contributed by atoms with Crippen molar-refractivity contribution in [2.45, 2.75) is 18.4 Å². The number of aromatic nitrogens is 2. The van der Waals surface area contributed by atoms with Crippen molar-refractivity contribution < 1.29 is 4.79 Å². The smallest absolute Gasteiger partial charge is 0.230 e. The zero-order valence-corrected chi connectivity index (χ0v) is 16.1.